The first-order valence-electron chi connectivity index (χ1n) is 5.26. The highest BCUT2D eigenvalue weighted by Gasteiger charge is 2.22. The van der Waals surface area contributed by atoms with E-state index in [2.05, 4.69) is 5.32 Å². The van der Waals surface area contributed by atoms with Gasteiger partial charge in [-0.15, -0.1) is 11.3 Å². The predicted octanol–water partition coefficient (Wildman–Crippen LogP) is 2.92. The highest BCUT2D eigenvalue weighted by Crippen LogP contribution is 2.25. The summed E-state index contributed by atoms with van der Waals surface area (Å²) >= 11 is 1.10. The van der Waals surface area contributed by atoms with Crippen LogP contribution in [0.2, 0.25) is 0 Å². The first-order chi connectivity index (χ1) is 9.52. The molecule has 1 N–H and O–H groups in total. The fraction of sp³-hybridized carbons (Fsp3) is 0. The molecule has 1 aromatic heterocycles. The SMILES string of the molecule is N#Cc1ccsc1NC(=O)c1cc(F)ccc1[N+](=O)[O-]. The Labute approximate surface area is 116 Å². The van der Waals surface area contributed by atoms with E-state index in [1.165, 1.54) is 6.07 Å². The number of thiophene rings is 1. The number of benzene rings is 1. The van der Waals surface area contributed by atoms with Crippen molar-refractivity contribution in [1.29, 1.82) is 5.26 Å². The number of nitrogens with zero attached hydrogens (tertiary/aromatic N) is 2. The maximum absolute atomic E-state index is 13.1. The van der Waals surface area contributed by atoms with Crippen LogP contribution in [-0.4, -0.2) is 10.8 Å². The van der Waals surface area contributed by atoms with Crippen molar-refractivity contribution in [2.45, 2.75) is 0 Å². The molecule has 0 saturated heterocycles. The highest BCUT2D eigenvalue weighted by atomic mass is 32.1. The second-order valence-electron chi connectivity index (χ2n) is 3.65. The number of nitro groups is 1. The first-order valence-corrected chi connectivity index (χ1v) is 6.13. The van der Waals surface area contributed by atoms with Crippen LogP contribution in [-0.2, 0) is 0 Å². The summed E-state index contributed by atoms with van der Waals surface area (Å²) in [4.78, 5) is 22.0. The molecule has 0 bridgehead atoms. The lowest BCUT2D eigenvalue weighted by molar-refractivity contribution is -0.385. The Bertz CT molecular complexity index is 736. The van der Waals surface area contributed by atoms with Gasteiger partial charge in [0, 0.05) is 6.07 Å². The van der Waals surface area contributed by atoms with Crippen LogP contribution < -0.4 is 5.32 Å². The van der Waals surface area contributed by atoms with Crippen molar-refractivity contribution in [3.63, 3.8) is 0 Å². The van der Waals surface area contributed by atoms with Crippen LogP contribution in [0.1, 0.15) is 15.9 Å². The Balaban J connectivity index is 2.37. The molecule has 0 saturated carbocycles. The third kappa shape index (κ3) is 2.62. The molecule has 1 aromatic carbocycles. The zero-order valence-corrected chi connectivity index (χ0v) is 10.6. The topological polar surface area (TPSA) is 96.0 Å². The molecule has 2 aromatic rings. The second-order valence-corrected chi connectivity index (χ2v) is 4.56. The fourth-order valence-corrected chi connectivity index (χ4v) is 2.25. The molecule has 100 valence electrons. The van der Waals surface area contributed by atoms with Crippen LogP contribution in [0.4, 0.5) is 15.1 Å². The standard InChI is InChI=1S/C12H6FN3O3S/c13-8-1-2-10(16(18)19)9(5-8)11(17)15-12-7(6-14)3-4-20-12/h1-5H,(H,15,17). The monoisotopic (exact) mass is 291 g/mol. The van der Waals surface area contributed by atoms with Crippen LogP contribution in [0.25, 0.3) is 0 Å². The van der Waals surface area contributed by atoms with Crippen molar-refractivity contribution >= 4 is 27.9 Å². The molecule has 1 heterocycles. The molecule has 0 spiro atoms. The number of nitriles is 1. The number of hydrogen-bond donors (Lipinski definition) is 1. The normalized spacial score (nSPS) is 9.80. The molecule has 0 aliphatic heterocycles. The fourth-order valence-electron chi connectivity index (χ4n) is 1.51. The molecule has 6 nitrogen and oxygen atoms in total. The number of rotatable bonds is 3. The number of halogens is 1. The Morgan fingerprint density at radius 2 is 2.20 bits per heavy atom. The zero-order valence-electron chi connectivity index (χ0n) is 9.79. The number of nitrogens with one attached hydrogen (secondary N) is 1. The van der Waals surface area contributed by atoms with Crippen molar-refractivity contribution in [3.8, 4) is 6.07 Å². The quantitative estimate of drug-likeness (QED) is 0.694. The van der Waals surface area contributed by atoms with E-state index in [0.717, 1.165) is 29.5 Å². The van der Waals surface area contributed by atoms with Crippen molar-refractivity contribution in [2.24, 2.45) is 0 Å². The molecule has 0 aliphatic rings. The largest absolute Gasteiger partial charge is 0.312 e. The summed E-state index contributed by atoms with van der Waals surface area (Å²) in [6.07, 6.45) is 0. The van der Waals surface area contributed by atoms with Gasteiger partial charge in [-0.2, -0.15) is 5.26 Å². The number of carbonyl (C=O) groups is 1. The highest BCUT2D eigenvalue weighted by molar-refractivity contribution is 7.14. The minimum Gasteiger partial charge on any atom is -0.312 e. The van der Waals surface area contributed by atoms with Gasteiger partial charge < -0.3 is 5.32 Å². The second kappa shape index (κ2) is 5.46. The number of anilines is 1. The van der Waals surface area contributed by atoms with E-state index in [9.17, 15) is 19.3 Å². The molecule has 8 heteroatoms. The van der Waals surface area contributed by atoms with Crippen LogP contribution in [0, 0.1) is 27.3 Å². The number of carbonyl (C=O) groups excluding carboxylic acids is 1. The molecule has 0 unspecified atom stereocenters. The summed E-state index contributed by atoms with van der Waals surface area (Å²) in [5, 5.41) is 23.8. The van der Waals surface area contributed by atoms with Gasteiger partial charge in [0.05, 0.1) is 10.5 Å². The first kappa shape index (κ1) is 13.6. The molecule has 2 rings (SSSR count). The molecular weight excluding hydrogens is 285 g/mol. The summed E-state index contributed by atoms with van der Waals surface area (Å²) in [5.74, 6) is -1.59. The van der Waals surface area contributed by atoms with Gasteiger partial charge in [0.1, 0.15) is 22.5 Å². The summed E-state index contributed by atoms with van der Waals surface area (Å²) in [6.45, 7) is 0. The van der Waals surface area contributed by atoms with E-state index in [-0.39, 0.29) is 10.6 Å². The Morgan fingerprint density at radius 1 is 1.45 bits per heavy atom. The van der Waals surface area contributed by atoms with E-state index in [1.54, 1.807) is 5.38 Å². The van der Waals surface area contributed by atoms with Gasteiger partial charge in [-0.25, -0.2) is 4.39 Å². The van der Waals surface area contributed by atoms with E-state index < -0.39 is 27.9 Å². The third-order valence-electron chi connectivity index (χ3n) is 2.41. The third-order valence-corrected chi connectivity index (χ3v) is 3.24. The molecular formula is C12H6FN3O3S. The minimum absolute atomic E-state index is 0.238. The predicted molar refractivity (Wildman–Crippen MR) is 70.0 cm³/mol. The van der Waals surface area contributed by atoms with Crippen LogP contribution >= 0.6 is 11.3 Å². The zero-order chi connectivity index (χ0) is 14.7. The van der Waals surface area contributed by atoms with Gasteiger partial charge in [0.25, 0.3) is 11.6 Å². The summed E-state index contributed by atoms with van der Waals surface area (Å²) < 4.78 is 13.1. The number of nitro benzene ring substituents is 1. The Hall–Kier alpha value is -2.79. The average Bonchev–Trinajstić information content (AvgIpc) is 2.85. The summed E-state index contributed by atoms with van der Waals surface area (Å²) in [7, 11) is 0. The van der Waals surface area contributed by atoms with Crippen LogP contribution in [0.3, 0.4) is 0 Å². The number of hydrogen-bond acceptors (Lipinski definition) is 5. The van der Waals surface area contributed by atoms with Gasteiger partial charge in [-0.3, -0.25) is 14.9 Å². The van der Waals surface area contributed by atoms with Gasteiger partial charge in [-0.05, 0) is 23.6 Å². The molecule has 0 atom stereocenters. The van der Waals surface area contributed by atoms with Crippen molar-refractivity contribution in [1.82, 2.24) is 0 Å². The average molecular weight is 291 g/mol. The van der Waals surface area contributed by atoms with Gasteiger partial charge in [0.15, 0.2) is 0 Å². The van der Waals surface area contributed by atoms with Gasteiger partial charge in [-0.1, -0.05) is 0 Å². The Morgan fingerprint density at radius 3 is 2.85 bits per heavy atom. The molecule has 20 heavy (non-hydrogen) atoms. The van der Waals surface area contributed by atoms with Gasteiger partial charge >= 0.3 is 0 Å². The van der Waals surface area contributed by atoms with E-state index in [0.29, 0.717) is 0 Å². The summed E-state index contributed by atoms with van der Waals surface area (Å²) in [6, 6.07) is 5.98. The lowest BCUT2D eigenvalue weighted by atomic mass is 10.1. The molecule has 0 fully saturated rings. The lowest BCUT2D eigenvalue weighted by Gasteiger charge is -2.04. The van der Waals surface area contributed by atoms with Crippen LogP contribution in [0.15, 0.2) is 29.6 Å². The summed E-state index contributed by atoms with van der Waals surface area (Å²) in [5.41, 5.74) is -0.659. The van der Waals surface area contributed by atoms with Crippen molar-refractivity contribution in [3.05, 3.63) is 56.7 Å². The minimum atomic E-state index is -0.838. The van der Waals surface area contributed by atoms with Crippen molar-refractivity contribution < 1.29 is 14.1 Å². The van der Waals surface area contributed by atoms with Crippen molar-refractivity contribution in [2.75, 3.05) is 5.32 Å². The van der Waals surface area contributed by atoms with Crippen LogP contribution in [0.5, 0.6) is 0 Å². The smallest absolute Gasteiger partial charge is 0.282 e. The molecule has 1 amide bonds. The Kier molecular flexibility index (Phi) is 3.72. The van der Waals surface area contributed by atoms with E-state index >= 15 is 0 Å². The number of amides is 1. The maximum Gasteiger partial charge on any atom is 0.282 e. The van der Waals surface area contributed by atoms with E-state index in [1.807, 2.05) is 6.07 Å². The lowest BCUT2D eigenvalue weighted by Crippen LogP contribution is -2.14. The van der Waals surface area contributed by atoms with Gasteiger partial charge in [0.2, 0.25) is 0 Å². The maximum atomic E-state index is 13.1. The molecule has 0 radical (unpaired) electrons. The molecule has 0 aliphatic carbocycles. The van der Waals surface area contributed by atoms with E-state index in [4.69, 9.17) is 5.26 Å².